The van der Waals surface area contributed by atoms with Crippen LogP contribution in [0.2, 0.25) is 0 Å². The molecular formula is C15H24O2. The van der Waals surface area contributed by atoms with E-state index in [0.29, 0.717) is 12.3 Å². The van der Waals surface area contributed by atoms with Gasteiger partial charge < -0.3 is 9.84 Å². The monoisotopic (exact) mass is 236 g/mol. The minimum Gasteiger partial charge on any atom is -0.490 e. The van der Waals surface area contributed by atoms with E-state index in [4.69, 9.17) is 4.74 Å². The maximum atomic E-state index is 9.35. The van der Waals surface area contributed by atoms with Crippen LogP contribution in [0, 0.1) is 6.92 Å². The van der Waals surface area contributed by atoms with E-state index in [1.54, 1.807) is 6.92 Å². The van der Waals surface area contributed by atoms with Gasteiger partial charge in [0.15, 0.2) is 0 Å². The highest BCUT2D eigenvalue weighted by Crippen LogP contribution is 2.28. The van der Waals surface area contributed by atoms with E-state index in [0.717, 1.165) is 5.75 Å². The molecule has 0 saturated heterocycles. The molecule has 0 radical (unpaired) electrons. The molecule has 0 spiro atoms. The van der Waals surface area contributed by atoms with Gasteiger partial charge in [0.2, 0.25) is 0 Å². The summed E-state index contributed by atoms with van der Waals surface area (Å²) in [6.45, 7) is 10.2. The van der Waals surface area contributed by atoms with Crippen molar-refractivity contribution in [1.29, 1.82) is 0 Å². The maximum Gasteiger partial charge on any atom is 0.123 e. The van der Waals surface area contributed by atoms with E-state index in [1.165, 1.54) is 11.1 Å². The molecule has 0 aliphatic carbocycles. The van der Waals surface area contributed by atoms with Crippen molar-refractivity contribution in [3.8, 4) is 5.75 Å². The largest absolute Gasteiger partial charge is 0.490 e. The molecule has 0 aliphatic rings. The Morgan fingerprint density at radius 2 is 1.82 bits per heavy atom. The molecule has 0 saturated carbocycles. The second-order valence-corrected chi connectivity index (χ2v) is 5.21. The van der Waals surface area contributed by atoms with Crippen LogP contribution in [0.15, 0.2) is 18.2 Å². The van der Waals surface area contributed by atoms with Gasteiger partial charge in [-0.2, -0.15) is 0 Å². The topological polar surface area (TPSA) is 29.5 Å². The Balaban J connectivity index is 2.84. The highest BCUT2D eigenvalue weighted by atomic mass is 16.5. The van der Waals surface area contributed by atoms with Gasteiger partial charge in [-0.05, 0) is 43.9 Å². The second kappa shape index (κ2) is 6.06. The van der Waals surface area contributed by atoms with Crippen molar-refractivity contribution in [2.24, 2.45) is 0 Å². The van der Waals surface area contributed by atoms with Crippen LogP contribution in [0.1, 0.15) is 51.2 Å². The highest BCUT2D eigenvalue weighted by Gasteiger charge is 2.12. The molecule has 1 rings (SSSR count). The van der Waals surface area contributed by atoms with Gasteiger partial charge in [0.05, 0.1) is 12.2 Å². The molecule has 2 nitrogen and oxygen atoms in total. The average Bonchev–Trinajstić information content (AvgIpc) is 2.15. The van der Waals surface area contributed by atoms with Gasteiger partial charge in [-0.3, -0.25) is 0 Å². The highest BCUT2D eigenvalue weighted by molar-refractivity contribution is 5.39. The van der Waals surface area contributed by atoms with Crippen LogP contribution in [-0.4, -0.2) is 17.3 Å². The first-order valence-corrected chi connectivity index (χ1v) is 6.35. The molecule has 2 unspecified atom stereocenters. The van der Waals surface area contributed by atoms with Crippen LogP contribution in [0.4, 0.5) is 0 Å². The fourth-order valence-corrected chi connectivity index (χ4v) is 1.97. The molecule has 1 aromatic rings. The zero-order valence-corrected chi connectivity index (χ0v) is 11.5. The Morgan fingerprint density at radius 3 is 2.35 bits per heavy atom. The summed E-state index contributed by atoms with van der Waals surface area (Å²) in [5, 5.41) is 9.35. The van der Waals surface area contributed by atoms with E-state index in [-0.39, 0.29) is 12.2 Å². The summed E-state index contributed by atoms with van der Waals surface area (Å²) in [7, 11) is 0. The van der Waals surface area contributed by atoms with Crippen molar-refractivity contribution in [1.82, 2.24) is 0 Å². The van der Waals surface area contributed by atoms with Crippen LogP contribution in [0.3, 0.4) is 0 Å². The van der Waals surface area contributed by atoms with Gasteiger partial charge in [-0.25, -0.2) is 0 Å². The third-order valence-corrected chi connectivity index (χ3v) is 2.79. The van der Waals surface area contributed by atoms with Crippen molar-refractivity contribution in [3.63, 3.8) is 0 Å². The molecule has 17 heavy (non-hydrogen) atoms. The minimum atomic E-state index is -0.322. The van der Waals surface area contributed by atoms with Crippen molar-refractivity contribution in [2.75, 3.05) is 0 Å². The van der Waals surface area contributed by atoms with Crippen molar-refractivity contribution < 1.29 is 9.84 Å². The zero-order chi connectivity index (χ0) is 13.0. The summed E-state index contributed by atoms with van der Waals surface area (Å²) in [6, 6.07) is 6.32. The molecule has 2 heteroatoms. The van der Waals surface area contributed by atoms with Crippen LogP contribution in [-0.2, 0) is 0 Å². The third-order valence-electron chi connectivity index (χ3n) is 2.79. The first-order chi connectivity index (χ1) is 7.90. The predicted molar refractivity (Wildman–Crippen MR) is 71.7 cm³/mol. The molecule has 0 fully saturated rings. The molecule has 0 amide bonds. The van der Waals surface area contributed by atoms with Gasteiger partial charge in [0, 0.05) is 6.42 Å². The zero-order valence-electron chi connectivity index (χ0n) is 11.5. The lowest BCUT2D eigenvalue weighted by Crippen LogP contribution is -2.19. The van der Waals surface area contributed by atoms with E-state index >= 15 is 0 Å². The van der Waals surface area contributed by atoms with E-state index < -0.39 is 0 Å². The summed E-state index contributed by atoms with van der Waals surface area (Å²) in [6.07, 6.45) is 0.373. The van der Waals surface area contributed by atoms with Gasteiger partial charge in [0.1, 0.15) is 5.75 Å². The number of aryl methyl sites for hydroxylation is 1. The molecular weight excluding hydrogens is 212 g/mol. The number of hydrogen-bond acceptors (Lipinski definition) is 2. The average molecular weight is 236 g/mol. The third kappa shape index (κ3) is 4.39. The summed E-state index contributed by atoms with van der Waals surface area (Å²) in [4.78, 5) is 0. The first kappa shape index (κ1) is 14.0. The Bertz CT molecular complexity index is 356. The van der Waals surface area contributed by atoms with Gasteiger partial charge in [-0.1, -0.05) is 26.0 Å². The second-order valence-electron chi connectivity index (χ2n) is 5.21. The van der Waals surface area contributed by atoms with Gasteiger partial charge >= 0.3 is 0 Å². The molecule has 0 aromatic heterocycles. The number of hydrogen-bond donors (Lipinski definition) is 1. The van der Waals surface area contributed by atoms with Gasteiger partial charge in [-0.15, -0.1) is 0 Å². The lowest BCUT2D eigenvalue weighted by Gasteiger charge is -2.20. The summed E-state index contributed by atoms with van der Waals surface area (Å²) < 4.78 is 5.94. The summed E-state index contributed by atoms with van der Waals surface area (Å²) in [5.74, 6) is 1.40. The molecule has 2 atom stereocenters. The van der Waals surface area contributed by atoms with E-state index in [2.05, 4.69) is 39.0 Å². The van der Waals surface area contributed by atoms with Crippen LogP contribution >= 0.6 is 0 Å². The Labute approximate surface area is 105 Å². The Morgan fingerprint density at radius 1 is 1.18 bits per heavy atom. The number of aliphatic hydroxyl groups excluding tert-OH is 1. The minimum absolute atomic E-state index is 0.0364. The molecule has 0 heterocycles. The lowest BCUT2D eigenvalue weighted by atomic mass is 10.0. The van der Waals surface area contributed by atoms with Gasteiger partial charge in [0.25, 0.3) is 0 Å². The van der Waals surface area contributed by atoms with E-state index in [1.807, 2.05) is 6.92 Å². The van der Waals surface area contributed by atoms with Crippen LogP contribution in [0.25, 0.3) is 0 Å². The molecule has 1 N–H and O–H groups in total. The Kier molecular flexibility index (Phi) is 5.01. The number of ether oxygens (including phenoxy) is 1. The first-order valence-electron chi connectivity index (χ1n) is 6.35. The molecule has 0 aliphatic heterocycles. The molecule has 96 valence electrons. The standard InChI is InChI=1S/C15H24O2/c1-10(2)14-7-6-11(3)8-15(14)17-13(5)9-12(4)16/h6-8,10,12-13,16H,9H2,1-5H3. The summed E-state index contributed by atoms with van der Waals surface area (Å²) >= 11 is 0. The smallest absolute Gasteiger partial charge is 0.123 e. The number of rotatable bonds is 5. The van der Waals surface area contributed by atoms with Crippen molar-refractivity contribution >= 4 is 0 Å². The molecule has 1 aromatic carbocycles. The number of benzene rings is 1. The fraction of sp³-hybridized carbons (Fsp3) is 0.600. The van der Waals surface area contributed by atoms with Crippen LogP contribution < -0.4 is 4.74 Å². The normalized spacial score (nSPS) is 14.8. The van der Waals surface area contributed by atoms with E-state index in [9.17, 15) is 5.11 Å². The fourth-order valence-electron chi connectivity index (χ4n) is 1.97. The predicted octanol–water partition coefficient (Wildman–Crippen LogP) is 3.66. The van der Waals surface area contributed by atoms with Crippen molar-refractivity contribution in [3.05, 3.63) is 29.3 Å². The SMILES string of the molecule is Cc1ccc(C(C)C)c(OC(C)CC(C)O)c1. The van der Waals surface area contributed by atoms with Crippen molar-refractivity contribution in [2.45, 2.75) is 59.2 Å². The maximum absolute atomic E-state index is 9.35. The number of aliphatic hydroxyl groups is 1. The molecule has 0 bridgehead atoms. The quantitative estimate of drug-likeness (QED) is 0.845. The lowest BCUT2D eigenvalue weighted by molar-refractivity contribution is 0.114. The van der Waals surface area contributed by atoms with Crippen LogP contribution in [0.5, 0.6) is 5.75 Å². The Hall–Kier alpha value is -1.02. The summed E-state index contributed by atoms with van der Waals surface area (Å²) in [5.41, 5.74) is 2.43.